The van der Waals surface area contributed by atoms with Crippen LogP contribution >= 0.6 is 0 Å². The number of nitrogen functional groups attached to an aromatic ring is 1. The molecule has 1 aromatic carbocycles. The van der Waals surface area contributed by atoms with Crippen molar-refractivity contribution in [2.75, 3.05) is 62.4 Å². The van der Waals surface area contributed by atoms with Crippen molar-refractivity contribution in [3.8, 4) is 0 Å². The van der Waals surface area contributed by atoms with Gasteiger partial charge in [0.2, 0.25) is 5.95 Å². The van der Waals surface area contributed by atoms with Crippen molar-refractivity contribution in [1.29, 1.82) is 5.41 Å². The highest BCUT2D eigenvalue weighted by Crippen LogP contribution is 2.28. The van der Waals surface area contributed by atoms with Crippen LogP contribution in [0.15, 0.2) is 29.5 Å². The molecular weight excluding hydrogens is 522 g/mol. The monoisotopic (exact) mass is 561 g/mol. The lowest BCUT2D eigenvalue weighted by Gasteiger charge is -2.34. The molecule has 13 heteroatoms. The number of benzene rings is 1. The number of amides is 1. The largest absolute Gasteiger partial charge is 0.387 e. The Morgan fingerprint density at radius 2 is 1.88 bits per heavy atom. The van der Waals surface area contributed by atoms with Crippen LogP contribution < -0.4 is 21.7 Å². The number of aliphatic imine (C=N–C) groups is 1. The summed E-state index contributed by atoms with van der Waals surface area (Å²) in [7, 11) is 1.71. The van der Waals surface area contributed by atoms with Gasteiger partial charge in [0.15, 0.2) is 11.6 Å². The van der Waals surface area contributed by atoms with Gasteiger partial charge in [-0.3, -0.25) is 9.69 Å². The van der Waals surface area contributed by atoms with E-state index in [2.05, 4.69) is 35.1 Å². The number of aromatic nitrogens is 4. The first-order valence-corrected chi connectivity index (χ1v) is 13.5. The van der Waals surface area contributed by atoms with E-state index in [0.29, 0.717) is 46.4 Å². The van der Waals surface area contributed by atoms with Gasteiger partial charge in [-0.1, -0.05) is 26.8 Å². The van der Waals surface area contributed by atoms with E-state index >= 15 is 0 Å². The number of nitrogens with two attached hydrogens (primary N) is 2. The standard InChI is InChI=1S/C28H39N11O2/c1-17-6-7-18(26(40)35-21(30)15-20(29)28(2,3)4)14-19(17)34-25-23-22(32-16-33-25)24(31)37-27(36-23)39-10-8-38(9-11-39)12-13-41-5/h6-7,14,16,29H,8-13,15H2,1-5H3,(H2,30,35,40)(H2,31,36,37)(H,32,33,34). The summed E-state index contributed by atoms with van der Waals surface area (Å²) >= 11 is 0. The summed E-state index contributed by atoms with van der Waals surface area (Å²) in [6.45, 7) is 12.5. The van der Waals surface area contributed by atoms with Crippen LogP contribution in [0.3, 0.4) is 0 Å². The van der Waals surface area contributed by atoms with Gasteiger partial charge in [-0.15, -0.1) is 0 Å². The number of amidine groups is 1. The Morgan fingerprint density at radius 1 is 1.15 bits per heavy atom. The molecule has 0 saturated carbocycles. The molecular formula is C28H39N11O2. The summed E-state index contributed by atoms with van der Waals surface area (Å²) in [5.41, 5.74) is 15.2. The van der Waals surface area contributed by atoms with Gasteiger partial charge in [0.25, 0.3) is 5.91 Å². The molecule has 1 saturated heterocycles. The number of nitrogens with one attached hydrogen (secondary N) is 2. The number of hydrogen-bond donors (Lipinski definition) is 4. The Labute approximate surface area is 239 Å². The third-order valence-corrected chi connectivity index (χ3v) is 7.01. The minimum Gasteiger partial charge on any atom is -0.387 e. The number of rotatable bonds is 9. The summed E-state index contributed by atoms with van der Waals surface area (Å²) < 4.78 is 5.20. The Morgan fingerprint density at radius 3 is 2.56 bits per heavy atom. The van der Waals surface area contributed by atoms with E-state index in [1.165, 1.54) is 6.33 Å². The van der Waals surface area contributed by atoms with Crippen LogP contribution in [0, 0.1) is 17.7 Å². The fraction of sp³-hybridized carbons (Fsp3) is 0.464. The number of nitrogens with zero attached hydrogens (tertiary/aromatic N) is 7. The molecule has 13 nitrogen and oxygen atoms in total. The molecule has 0 radical (unpaired) electrons. The minimum atomic E-state index is -0.488. The van der Waals surface area contributed by atoms with Crippen molar-refractivity contribution in [2.24, 2.45) is 16.1 Å². The molecule has 1 aliphatic heterocycles. The van der Waals surface area contributed by atoms with E-state index in [1.807, 2.05) is 33.8 Å². The topological polar surface area (TPSA) is 185 Å². The lowest BCUT2D eigenvalue weighted by molar-refractivity contribution is 0.100. The molecule has 0 spiro atoms. The first-order chi connectivity index (χ1) is 19.5. The lowest BCUT2D eigenvalue weighted by Crippen LogP contribution is -2.47. The van der Waals surface area contributed by atoms with E-state index in [9.17, 15) is 4.79 Å². The third kappa shape index (κ3) is 7.30. The predicted octanol–water partition coefficient (Wildman–Crippen LogP) is 2.78. The normalized spacial score (nSPS) is 14.9. The molecule has 3 heterocycles. The number of aryl methyl sites for hydroxylation is 1. The van der Waals surface area contributed by atoms with Crippen LogP contribution in [-0.2, 0) is 4.74 Å². The highest BCUT2D eigenvalue weighted by molar-refractivity contribution is 6.10. The van der Waals surface area contributed by atoms with Gasteiger partial charge >= 0.3 is 0 Å². The first kappa shape index (κ1) is 29.7. The third-order valence-electron chi connectivity index (χ3n) is 7.01. The predicted molar refractivity (Wildman–Crippen MR) is 162 cm³/mol. The second kappa shape index (κ2) is 12.5. The molecule has 2 aromatic heterocycles. The van der Waals surface area contributed by atoms with Gasteiger partial charge in [-0.25, -0.2) is 15.0 Å². The fourth-order valence-electron chi connectivity index (χ4n) is 4.28. The average molecular weight is 562 g/mol. The molecule has 3 aromatic rings. The molecule has 0 bridgehead atoms. The van der Waals surface area contributed by atoms with Crippen LogP contribution in [0.1, 0.15) is 43.1 Å². The molecule has 6 N–H and O–H groups in total. The SMILES string of the molecule is COCCN1CCN(c2nc(N)c3ncnc(Nc4cc(C(=O)N=C(N)CC(=N)C(C)(C)C)ccc4C)c3n2)CC1. The number of ether oxygens (including phenoxy) is 1. The Kier molecular flexibility index (Phi) is 9.08. The van der Waals surface area contributed by atoms with Crippen molar-refractivity contribution >= 4 is 51.8 Å². The maximum atomic E-state index is 12.9. The van der Waals surface area contributed by atoms with Gasteiger partial charge in [-0.2, -0.15) is 9.98 Å². The van der Waals surface area contributed by atoms with Crippen molar-refractivity contribution in [1.82, 2.24) is 24.8 Å². The molecule has 0 aliphatic carbocycles. The van der Waals surface area contributed by atoms with Crippen LogP contribution in [-0.4, -0.2) is 88.7 Å². The minimum absolute atomic E-state index is 0.103. The number of carbonyl (C=O) groups excluding carboxylic acids is 1. The van der Waals surface area contributed by atoms with Crippen LogP contribution in [0.2, 0.25) is 0 Å². The molecule has 218 valence electrons. The number of methoxy groups -OCH3 is 1. The molecule has 4 rings (SSSR count). The van der Waals surface area contributed by atoms with E-state index in [-0.39, 0.29) is 23.5 Å². The molecule has 41 heavy (non-hydrogen) atoms. The van der Waals surface area contributed by atoms with Crippen LogP contribution in [0.25, 0.3) is 11.0 Å². The second-order valence-corrected chi connectivity index (χ2v) is 11.1. The quantitative estimate of drug-likeness (QED) is 0.222. The Balaban J connectivity index is 1.57. The molecule has 0 atom stereocenters. The average Bonchev–Trinajstić information content (AvgIpc) is 2.93. The number of piperazine rings is 1. The highest BCUT2D eigenvalue weighted by atomic mass is 16.5. The molecule has 0 unspecified atom stereocenters. The number of hydrogen-bond acceptors (Lipinski definition) is 11. The Bertz CT molecular complexity index is 1460. The summed E-state index contributed by atoms with van der Waals surface area (Å²) in [6, 6.07) is 5.21. The smallest absolute Gasteiger partial charge is 0.278 e. The van der Waals surface area contributed by atoms with Crippen molar-refractivity contribution < 1.29 is 9.53 Å². The van der Waals surface area contributed by atoms with Gasteiger partial charge in [0.05, 0.1) is 6.61 Å². The summed E-state index contributed by atoms with van der Waals surface area (Å²) in [4.78, 5) is 39.4. The van der Waals surface area contributed by atoms with Crippen LogP contribution in [0.4, 0.5) is 23.3 Å². The maximum Gasteiger partial charge on any atom is 0.278 e. The zero-order valence-corrected chi connectivity index (χ0v) is 24.4. The number of fused-ring (bicyclic) bond motifs is 1. The molecule has 1 aliphatic rings. The number of anilines is 4. The first-order valence-electron chi connectivity index (χ1n) is 13.5. The number of carbonyl (C=O) groups is 1. The second-order valence-electron chi connectivity index (χ2n) is 11.1. The Hall–Kier alpha value is -4.23. The summed E-state index contributed by atoms with van der Waals surface area (Å²) in [5.74, 6) is 0.844. The summed E-state index contributed by atoms with van der Waals surface area (Å²) in [5, 5.41) is 11.5. The highest BCUT2D eigenvalue weighted by Gasteiger charge is 2.22. The fourth-order valence-corrected chi connectivity index (χ4v) is 4.28. The zero-order valence-electron chi connectivity index (χ0n) is 24.4. The van der Waals surface area contributed by atoms with E-state index < -0.39 is 5.91 Å². The molecule has 1 fully saturated rings. The van der Waals surface area contributed by atoms with Gasteiger partial charge in [-0.05, 0) is 30.0 Å². The van der Waals surface area contributed by atoms with Crippen LogP contribution in [0.5, 0.6) is 0 Å². The summed E-state index contributed by atoms with van der Waals surface area (Å²) in [6.07, 6.45) is 1.53. The molecule has 1 amide bonds. The van der Waals surface area contributed by atoms with Crippen molar-refractivity contribution in [3.63, 3.8) is 0 Å². The van der Waals surface area contributed by atoms with Gasteiger partial charge in [0.1, 0.15) is 23.2 Å². The maximum absolute atomic E-state index is 12.9. The van der Waals surface area contributed by atoms with Crippen molar-refractivity contribution in [2.45, 2.75) is 34.1 Å². The van der Waals surface area contributed by atoms with E-state index in [1.54, 1.807) is 19.2 Å². The zero-order chi connectivity index (χ0) is 29.7. The van der Waals surface area contributed by atoms with Crippen molar-refractivity contribution in [3.05, 3.63) is 35.7 Å². The van der Waals surface area contributed by atoms with E-state index in [0.717, 1.165) is 38.3 Å². The van der Waals surface area contributed by atoms with Gasteiger partial charge < -0.3 is 31.8 Å². The lowest BCUT2D eigenvalue weighted by atomic mass is 9.88. The van der Waals surface area contributed by atoms with Gasteiger partial charge in [0, 0.05) is 63.2 Å². The van der Waals surface area contributed by atoms with E-state index in [4.69, 9.17) is 26.6 Å².